The van der Waals surface area contributed by atoms with Gasteiger partial charge in [0.05, 0.1) is 25.2 Å². The van der Waals surface area contributed by atoms with Crippen molar-refractivity contribution in [3.8, 4) is 0 Å². The zero-order valence-corrected chi connectivity index (χ0v) is 47.9. The average molecular weight is 1200 g/mol. The lowest BCUT2D eigenvalue weighted by Crippen LogP contribution is -2.61. The predicted molar refractivity (Wildman–Crippen MR) is 301 cm³/mol. The number of carboxylic acid groups (broad SMARTS) is 1. The zero-order chi connectivity index (χ0) is 62.0. The van der Waals surface area contributed by atoms with Gasteiger partial charge in [0.1, 0.15) is 54.4 Å². The Labute approximate surface area is 483 Å². The molecule has 32 heteroatoms. The Hall–Kier alpha value is -7.55. The first-order valence-electron chi connectivity index (χ1n) is 26.1. The molecule has 0 saturated carbocycles. The van der Waals surface area contributed by atoms with E-state index in [2.05, 4.69) is 83.4 Å². The number of unbranched alkanes of at least 4 members (excludes halogenated alkanes) is 1. The number of fused-ring (bicyclic) bond motifs is 1. The Balaban J connectivity index is 2.40. The Kier molecular flexibility index (Phi) is 30.4. The van der Waals surface area contributed by atoms with Crippen LogP contribution in [0.1, 0.15) is 85.1 Å². The van der Waals surface area contributed by atoms with Gasteiger partial charge in [-0.1, -0.05) is 32.0 Å². The van der Waals surface area contributed by atoms with Crippen LogP contribution in [0.2, 0.25) is 0 Å². The Morgan fingerprint density at radius 1 is 0.585 bits per heavy atom. The summed E-state index contributed by atoms with van der Waals surface area (Å²) in [6.07, 6.45) is -3.52. The first kappa shape index (κ1) is 70.6. The van der Waals surface area contributed by atoms with Gasteiger partial charge in [0.2, 0.25) is 70.9 Å². The van der Waals surface area contributed by atoms with Crippen LogP contribution in [-0.2, 0) is 68.7 Å². The summed E-state index contributed by atoms with van der Waals surface area (Å²) in [5.74, 6) is -14.0. The molecule has 0 saturated heterocycles. The van der Waals surface area contributed by atoms with Crippen LogP contribution in [0.3, 0.4) is 0 Å². The second-order valence-electron chi connectivity index (χ2n) is 19.7. The van der Waals surface area contributed by atoms with Crippen LogP contribution in [0.15, 0.2) is 30.5 Å². The number of aromatic amines is 1. The minimum atomic E-state index is -1.87. The third kappa shape index (κ3) is 24.3. The second-order valence-corrected chi connectivity index (χ2v) is 20.4. The molecule has 0 radical (unpaired) electrons. The lowest BCUT2D eigenvalue weighted by Gasteiger charge is -2.28. The summed E-state index contributed by atoms with van der Waals surface area (Å²) in [4.78, 5) is 173. The van der Waals surface area contributed by atoms with Crippen molar-refractivity contribution in [3.05, 3.63) is 36.0 Å². The Morgan fingerprint density at radius 2 is 1.09 bits per heavy atom. The normalized spacial score (nSPS) is 15.2. The number of nitrogens with one attached hydrogen (secondary N) is 11. The molecule has 0 aliphatic carbocycles. The molecule has 82 heavy (non-hydrogen) atoms. The van der Waals surface area contributed by atoms with Gasteiger partial charge in [-0.2, -0.15) is 25.3 Å². The minimum Gasteiger partial charge on any atom is -0.481 e. The summed E-state index contributed by atoms with van der Waals surface area (Å²) in [6, 6.07) is -7.01. The monoisotopic (exact) mass is 1190 g/mol. The number of H-pyrrole nitrogens is 1. The first-order chi connectivity index (χ1) is 38.5. The Bertz CT molecular complexity index is 2590. The molecule has 1 aromatic carbocycles. The number of hydrogen-bond donors (Lipinski definition) is 19. The second kappa shape index (κ2) is 35.3. The summed E-state index contributed by atoms with van der Waals surface area (Å²) >= 11 is 8.04. The fraction of sp³-hybridized carbons (Fsp3) is 0.580. The van der Waals surface area contributed by atoms with Crippen LogP contribution in [0.5, 0.6) is 0 Å². The van der Waals surface area contributed by atoms with E-state index < -0.39 is 169 Å². The van der Waals surface area contributed by atoms with E-state index in [4.69, 9.17) is 17.2 Å². The molecule has 0 fully saturated rings. The van der Waals surface area contributed by atoms with Crippen molar-refractivity contribution in [2.75, 3.05) is 24.6 Å². The minimum absolute atomic E-state index is 0.00633. The number of thiol groups is 2. The van der Waals surface area contributed by atoms with Gasteiger partial charge in [-0.3, -0.25) is 62.3 Å². The summed E-state index contributed by atoms with van der Waals surface area (Å²) in [6.45, 7) is 6.26. The van der Waals surface area contributed by atoms with E-state index in [9.17, 15) is 77.6 Å². The van der Waals surface area contributed by atoms with Gasteiger partial charge in [-0.25, -0.2) is 0 Å². The summed E-state index contributed by atoms with van der Waals surface area (Å²) in [5, 5.41) is 54.9. The molecule has 12 amide bonds. The molecule has 30 nitrogen and oxygen atoms in total. The van der Waals surface area contributed by atoms with E-state index in [0.717, 1.165) is 6.92 Å². The van der Waals surface area contributed by atoms with Crippen LogP contribution in [0, 0.1) is 5.92 Å². The van der Waals surface area contributed by atoms with Crippen molar-refractivity contribution in [3.63, 3.8) is 0 Å². The van der Waals surface area contributed by atoms with Gasteiger partial charge in [0.25, 0.3) is 0 Å². The maximum atomic E-state index is 14.3. The molecular weight excluding hydrogens is 1120 g/mol. The number of carboxylic acids is 1. The highest BCUT2D eigenvalue weighted by Gasteiger charge is 2.37. The lowest BCUT2D eigenvalue weighted by molar-refractivity contribution is -0.139. The fourth-order valence-corrected chi connectivity index (χ4v) is 8.51. The number of nitrogens with two attached hydrogens (primary N) is 3. The molecule has 2 aromatic rings. The van der Waals surface area contributed by atoms with Crippen LogP contribution < -0.4 is 70.4 Å². The quantitative estimate of drug-likeness (QED) is 0.0221. The largest absolute Gasteiger partial charge is 0.481 e. The molecule has 0 bridgehead atoms. The molecule has 0 aliphatic rings. The van der Waals surface area contributed by atoms with Gasteiger partial charge in [0.15, 0.2) is 0 Å². The summed E-state index contributed by atoms with van der Waals surface area (Å²) < 4.78 is 0. The van der Waals surface area contributed by atoms with Gasteiger partial charge in [0, 0.05) is 48.4 Å². The zero-order valence-electron chi connectivity index (χ0n) is 46.1. The maximum absolute atomic E-state index is 14.3. The number of hydrogen-bond acceptors (Lipinski definition) is 18. The topological polar surface area (TPSA) is 497 Å². The van der Waals surface area contributed by atoms with Crippen molar-refractivity contribution in [2.45, 2.75) is 153 Å². The molecule has 1 heterocycles. The third-order valence-corrected chi connectivity index (χ3v) is 13.0. The third-order valence-electron chi connectivity index (χ3n) is 12.3. The fourth-order valence-electron chi connectivity index (χ4n) is 7.98. The van der Waals surface area contributed by atoms with Crippen LogP contribution in [0.25, 0.3) is 10.9 Å². The SMILES string of the molecule is CC(=O)N[C@@H](CS)C(=O)N[C@H](C(=O)N[C@@H](Cc1c[nH]c2ccccc12)C(=O)N[C@@H](CCC(=O)O)C(=O)N[C@@H](CC(N)=O)C(=O)NCC(=O)N[C@@H](CCCCN)C(=O)N[C@@H](CC(C)C)C(=O)N[C@H](C(=O)N[C@@H](CS)C(N)=O)[C@@H](C)O)[C@@H](C)O. The van der Waals surface area contributed by atoms with Crippen LogP contribution in [0.4, 0.5) is 0 Å². The van der Waals surface area contributed by atoms with E-state index >= 15 is 0 Å². The number of carbonyl (C=O) groups excluding carboxylic acids is 12. The highest BCUT2D eigenvalue weighted by atomic mass is 32.1. The highest BCUT2D eigenvalue weighted by molar-refractivity contribution is 7.80. The highest BCUT2D eigenvalue weighted by Crippen LogP contribution is 2.20. The number of aromatic nitrogens is 1. The maximum Gasteiger partial charge on any atom is 0.303 e. The standard InChI is InChI=1S/C50H78N14O16S2/c1-23(2)16-32(47(77)63-41(25(4)66)50(80)62-35(21-81)42(53)72)59-44(74)30(12-8-9-15-51)57-38(69)20-55-43(73)34(18-37(52)68)60-45(75)31(13-14-39(70)71)58-46(76)33(17-27-19-54-29-11-7-6-10-28(27)29)61-49(79)40(24(3)65)64-48(78)36(22-82)56-26(5)67/h6-7,10-11,19,23-25,30-36,40-41,54,65-66,81-82H,8-9,12-18,20-22,51H2,1-5H3,(H2,52,68)(H2,53,72)(H,55,73)(H,56,67)(H,57,69)(H,58,76)(H,59,74)(H,60,75)(H,61,79)(H,62,80)(H,63,77)(H,64,78)(H,70,71)/t24-,25-,30+,31+,32+,33+,34+,35+,36+,40+,41+/m1/s1. The van der Waals surface area contributed by atoms with Gasteiger partial charge in [-0.15, -0.1) is 0 Å². The first-order valence-corrected chi connectivity index (χ1v) is 27.4. The van der Waals surface area contributed by atoms with E-state index in [-0.39, 0.29) is 49.7 Å². The van der Waals surface area contributed by atoms with E-state index in [1.807, 2.05) is 0 Å². The predicted octanol–water partition coefficient (Wildman–Crippen LogP) is -5.77. The molecule has 11 atom stereocenters. The van der Waals surface area contributed by atoms with Gasteiger partial charge < -0.3 is 90.7 Å². The number of carbonyl (C=O) groups is 13. The molecule has 0 spiro atoms. The molecule has 2 rings (SSSR count). The summed E-state index contributed by atoms with van der Waals surface area (Å²) in [7, 11) is 0. The number of amides is 12. The van der Waals surface area contributed by atoms with E-state index in [1.165, 1.54) is 20.0 Å². The number of aliphatic hydroxyl groups excluding tert-OH is 2. The van der Waals surface area contributed by atoms with Crippen LogP contribution in [-0.4, -0.2) is 188 Å². The van der Waals surface area contributed by atoms with Gasteiger partial charge in [-0.05, 0) is 70.0 Å². The number of rotatable bonds is 37. The van der Waals surface area contributed by atoms with E-state index in [0.29, 0.717) is 22.9 Å². The smallest absolute Gasteiger partial charge is 0.303 e. The van der Waals surface area contributed by atoms with Crippen molar-refractivity contribution in [1.82, 2.24) is 58.2 Å². The molecule has 456 valence electrons. The van der Waals surface area contributed by atoms with Crippen molar-refractivity contribution >= 4 is 113 Å². The number of para-hydroxylation sites is 1. The van der Waals surface area contributed by atoms with Crippen molar-refractivity contribution < 1.29 is 77.6 Å². The number of aliphatic hydroxyl groups is 2. The van der Waals surface area contributed by atoms with Gasteiger partial charge >= 0.3 is 5.97 Å². The van der Waals surface area contributed by atoms with Crippen molar-refractivity contribution in [2.24, 2.45) is 23.1 Å². The van der Waals surface area contributed by atoms with E-state index in [1.54, 1.807) is 38.1 Å². The molecule has 0 aliphatic heterocycles. The number of benzene rings is 1. The molecule has 20 N–H and O–H groups in total. The van der Waals surface area contributed by atoms with Crippen molar-refractivity contribution in [1.29, 1.82) is 0 Å². The molecule has 1 aromatic heterocycles. The lowest BCUT2D eigenvalue weighted by atomic mass is 10.0. The molecule has 0 unspecified atom stereocenters. The molecular formula is C50H78N14O16S2. The number of aliphatic carboxylic acids is 1. The average Bonchev–Trinajstić information content (AvgIpc) is 3.97. The summed E-state index contributed by atoms with van der Waals surface area (Å²) in [5.41, 5.74) is 17.5. The Morgan fingerprint density at radius 3 is 1.60 bits per heavy atom. The van der Waals surface area contributed by atoms with Crippen LogP contribution >= 0.6 is 25.3 Å². The number of primary amides is 2.